The van der Waals surface area contributed by atoms with Gasteiger partial charge in [0.25, 0.3) is 5.91 Å². The third kappa shape index (κ3) is 4.77. The van der Waals surface area contributed by atoms with Crippen LogP contribution in [-0.4, -0.2) is 18.0 Å². The lowest BCUT2D eigenvalue weighted by atomic mass is 10.2. The maximum Gasteiger partial charge on any atom is 0.270 e. The topological polar surface area (TPSA) is 63.2 Å². The number of nitrogens with one attached hydrogen (secondary N) is 2. The number of amides is 1. The van der Waals surface area contributed by atoms with E-state index in [0.717, 1.165) is 28.3 Å². The highest BCUT2D eigenvalue weighted by Gasteiger charge is 2.10. The third-order valence-corrected chi connectivity index (χ3v) is 4.49. The van der Waals surface area contributed by atoms with Crippen molar-refractivity contribution in [3.63, 3.8) is 0 Å². The minimum atomic E-state index is -0.258. The van der Waals surface area contributed by atoms with Crippen LogP contribution in [0.1, 0.15) is 21.6 Å². The predicted octanol–water partition coefficient (Wildman–Crippen LogP) is 4.73. The van der Waals surface area contributed by atoms with Crippen LogP contribution in [0.3, 0.4) is 0 Å². The van der Waals surface area contributed by atoms with Crippen molar-refractivity contribution in [3.05, 3.63) is 82.6 Å². The number of aromatic nitrogens is 1. The quantitative estimate of drug-likeness (QED) is 0.648. The van der Waals surface area contributed by atoms with E-state index >= 15 is 0 Å². The number of hydrogen-bond donors (Lipinski definition) is 2. The second-order valence-electron chi connectivity index (χ2n) is 6.01. The summed E-state index contributed by atoms with van der Waals surface area (Å²) in [4.78, 5) is 16.6. The van der Waals surface area contributed by atoms with Gasteiger partial charge >= 0.3 is 0 Å². The molecule has 0 aliphatic carbocycles. The molecule has 2 aromatic carbocycles. The summed E-state index contributed by atoms with van der Waals surface area (Å²) < 4.78 is 5.30. The lowest BCUT2D eigenvalue weighted by Crippen LogP contribution is -2.24. The molecular formula is C21H20ClN3O2. The number of para-hydroxylation sites is 1. The Morgan fingerprint density at radius 3 is 2.67 bits per heavy atom. The van der Waals surface area contributed by atoms with E-state index in [0.29, 0.717) is 17.3 Å². The molecular weight excluding hydrogens is 362 g/mol. The molecule has 0 aliphatic rings. The number of benzene rings is 2. The molecule has 0 saturated carbocycles. The molecule has 138 valence electrons. The molecule has 0 aliphatic heterocycles. The van der Waals surface area contributed by atoms with Crippen molar-refractivity contribution in [1.29, 1.82) is 0 Å². The number of aryl methyl sites for hydroxylation is 1. The second-order valence-corrected chi connectivity index (χ2v) is 6.42. The van der Waals surface area contributed by atoms with Gasteiger partial charge in [0.1, 0.15) is 11.4 Å². The highest BCUT2D eigenvalue weighted by Crippen LogP contribution is 2.23. The van der Waals surface area contributed by atoms with Gasteiger partial charge in [0.05, 0.1) is 7.11 Å². The van der Waals surface area contributed by atoms with E-state index in [1.165, 1.54) is 0 Å². The number of anilines is 2. The van der Waals surface area contributed by atoms with Crippen LogP contribution in [-0.2, 0) is 6.54 Å². The summed E-state index contributed by atoms with van der Waals surface area (Å²) in [5, 5.41) is 6.79. The number of methoxy groups -OCH3 is 1. The number of halogens is 1. The standard InChI is InChI=1S/C21H20ClN3O2/c1-14-7-8-16(11-18(14)22)25-17-9-10-23-19(12-17)21(26)24-13-15-5-3-4-6-20(15)27-2/h3-12H,13H2,1-2H3,(H,23,25)(H,24,26). The smallest absolute Gasteiger partial charge is 0.270 e. The Labute approximate surface area is 163 Å². The van der Waals surface area contributed by atoms with E-state index < -0.39 is 0 Å². The molecule has 0 spiro atoms. The van der Waals surface area contributed by atoms with Gasteiger partial charge in [-0.15, -0.1) is 0 Å². The third-order valence-electron chi connectivity index (χ3n) is 4.09. The molecule has 1 aromatic heterocycles. The maximum absolute atomic E-state index is 12.5. The lowest BCUT2D eigenvalue weighted by molar-refractivity contribution is 0.0945. The van der Waals surface area contributed by atoms with Gasteiger partial charge in [0.2, 0.25) is 0 Å². The molecule has 27 heavy (non-hydrogen) atoms. The van der Waals surface area contributed by atoms with Crippen LogP contribution >= 0.6 is 11.6 Å². The van der Waals surface area contributed by atoms with Gasteiger partial charge in [-0.2, -0.15) is 0 Å². The summed E-state index contributed by atoms with van der Waals surface area (Å²) in [6, 6.07) is 16.8. The summed E-state index contributed by atoms with van der Waals surface area (Å²) >= 11 is 6.16. The van der Waals surface area contributed by atoms with Crippen molar-refractivity contribution in [2.45, 2.75) is 13.5 Å². The van der Waals surface area contributed by atoms with Crippen molar-refractivity contribution in [1.82, 2.24) is 10.3 Å². The first-order valence-electron chi connectivity index (χ1n) is 8.46. The molecule has 1 amide bonds. The Hall–Kier alpha value is -3.05. The van der Waals surface area contributed by atoms with Crippen molar-refractivity contribution >= 4 is 28.9 Å². The summed E-state index contributed by atoms with van der Waals surface area (Å²) in [6.45, 7) is 2.30. The zero-order chi connectivity index (χ0) is 19.2. The van der Waals surface area contributed by atoms with Crippen LogP contribution in [0.15, 0.2) is 60.8 Å². The van der Waals surface area contributed by atoms with Gasteiger partial charge in [-0.1, -0.05) is 35.9 Å². The number of rotatable bonds is 6. The first-order chi connectivity index (χ1) is 13.1. The van der Waals surface area contributed by atoms with Crippen LogP contribution in [0.2, 0.25) is 5.02 Å². The van der Waals surface area contributed by atoms with E-state index in [1.54, 1.807) is 25.4 Å². The van der Waals surface area contributed by atoms with Gasteiger partial charge in [0, 0.05) is 34.7 Å². The molecule has 1 heterocycles. The molecule has 5 nitrogen and oxygen atoms in total. The monoisotopic (exact) mass is 381 g/mol. The molecule has 0 bridgehead atoms. The fourth-order valence-electron chi connectivity index (χ4n) is 2.58. The SMILES string of the molecule is COc1ccccc1CNC(=O)c1cc(Nc2ccc(C)c(Cl)c2)ccn1. The lowest BCUT2D eigenvalue weighted by Gasteiger charge is -2.11. The minimum Gasteiger partial charge on any atom is -0.496 e. The fourth-order valence-corrected chi connectivity index (χ4v) is 2.77. The van der Waals surface area contributed by atoms with Gasteiger partial charge in [-0.25, -0.2) is 0 Å². The molecule has 6 heteroatoms. The zero-order valence-electron chi connectivity index (χ0n) is 15.1. The van der Waals surface area contributed by atoms with Gasteiger partial charge in [-0.3, -0.25) is 9.78 Å². The van der Waals surface area contributed by atoms with Gasteiger partial charge < -0.3 is 15.4 Å². The molecule has 0 saturated heterocycles. The van der Waals surface area contributed by atoms with E-state index in [1.807, 2.05) is 49.4 Å². The molecule has 2 N–H and O–H groups in total. The Balaban J connectivity index is 1.69. The Morgan fingerprint density at radius 1 is 1.11 bits per heavy atom. The summed E-state index contributed by atoms with van der Waals surface area (Å²) in [7, 11) is 1.61. The van der Waals surface area contributed by atoms with E-state index in [2.05, 4.69) is 15.6 Å². The molecule has 3 rings (SSSR count). The zero-order valence-corrected chi connectivity index (χ0v) is 15.9. The molecule has 0 radical (unpaired) electrons. The Kier molecular flexibility index (Phi) is 5.94. The van der Waals surface area contributed by atoms with Crippen molar-refractivity contribution in [2.24, 2.45) is 0 Å². The van der Waals surface area contributed by atoms with E-state index in [4.69, 9.17) is 16.3 Å². The second kappa shape index (κ2) is 8.56. The number of carbonyl (C=O) groups is 1. The molecule has 0 unspecified atom stereocenters. The number of ether oxygens (including phenoxy) is 1. The van der Waals surface area contributed by atoms with Crippen LogP contribution in [0.5, 0.6) is 5.75 Å². The summed E-state index contributed by atoms with van der Waals surface area (Å²) in [5.74, 6) is 0.476. The van der Waals surface area contributed by atoms with E-state index in [9.17, 15) is 4.79 Å². The van der Waals surface area contributed by atoms with Crippen molar-refractivity contribution < 1.29 is 9.53 Å². The van der Waals surface area contributed by atoms with Crippen LogP contribution in [0.25, 0.3) is 0 Å². The predicted molar refractivity (Wildman–Crippen MR) is 108 cm³/mol. The average molecular weight is 382 g/mol. The summed E-state index contributed by atoms with van der Waals surface area (Å²) in [6.07, 6.45) is 1.59. The van der Waals surface area contributed by atoms with Crippen molar-refractivity contribution in [3.8, 4) is 5.75 Å². The number of hydrogen-bond acceptors (Lipinski definition) is 4. The number of carbonyl (C=O) groups excluding carboxylic acids is 1. The maximum atomic E-state index is 12.5. The van der Waals surface area contributed by atoms with E-state index in [-0.39, 0.29) is 5.91 Å². The number of pyridine rings is 1. The first-order valence-corrected chi connectivity index (χ1v) is 8.84. The van der Waals surface area contributed by atoms with Crippen LogP contribution in [0.4, 0.5) is 11.4 Å². The Morgan fingerprint density at radius 2 is 1.89 bits per heavy atom. The first kappa shape index (κ1) is 18.7. The van der Waals surface area contributed by atoms with Gasteiger partial charge in [-0.05, 0) is 42.8 Å². The van der Waals surface area contributed by atoms with Crippen LogP contribution < -0.4 is 15.4 Å². The summed E-state index contributed by atoms with van der Waals surface area (Å²) in [5.41, 5.74) is 3.84. The normalized spacial score (nSPS) is 10.3. The molecule has 3 aromatic rings. The fraction of sp³-hybridized carbons (Fsp3) is 0.143. The van der Waals surface area contributed by atoms with Crippen molar-refractivity contribution in [2.75, 3.05) is 12.4 Å². The Bertz CT molecular complexity index is 960. The molecule has 0 atom stereocenters. The number of nitrogens with zero attached hydrogens (tertiary/aromatic N) is 1. The minimum absolute atomic E-state index is 0.258. The van der Waals surface area contributed by atoms with Gasteiger partial charge in [0.15, 0.2) is 0 Å². The highest BCUT2D eigenvalue weighted by molar-refractivity contribution is 6.31. The van der Waals surface area contributed by atoms with Crippen LogP contribution in [0, 0.1) is 6.92 Å². The highest BCUT2D eigenvalue weighted by atomic mass is 35.5. The largest absolute Gasteiger partial charge is 0.496 e. The molecule has 0 fully saturated rings. The average Bonchev–Trinajstić information content (AvgIpc) is 2.69.